The average Bonchev–Trinajstić information content (AvgIpc) is 4.17. The van der Waals surface area contributed by atoms with E-state index >= 15 is 0 Å². The summed E-state index contributed by atoms with van der Waals surface area (Å²) in [4.78, 5) is 0. The van der Waals surface area contributed by atoms with E-state index in [9.17, 15) is 0 Å². The molecule has 6 nitrogen and oxygen atoms in total. The van der Waals surface area contributed by atoms with Gasteiger partial charge < -0.3 is 22.4 Å². The van der Waals surface area contributed by atoms with Crippen LogP contribution >= 0.6 is 0 Å². The largest absolute Gasteiger partial charge is 0.456 e. The summed E-state index contributed by atoms with van der Waals surface area (Å²) in [5.74, 6) is 0. The van der Waals surface area contributed by atoms with Gasteiger partial charge in [0.25, 0.3) is 0 Å². The third kappa shape index (κ3) is 4.96. The molecule has 0 aliphatic heterocycles. The minimum absolute atomic E-state index is 0.848. The van der Waals surface area contributed by atoms with E-state index in [0.29, 0.717) is 0 Å². The maximum atomic E-state index is 6.44. The maximum absolute atomic E-state index is 6.44. The highest BCUT2D eigenvalue weighted by molar-refractivity contribution is 6.13. The second-order valence-electron chi connectivity index (χ2n) is 17.1. The quantitative estimate of drug-likeness (QED) is 0.166. The average molecular weight is 833 g/mol. The lowest BCUT2D eigenvalue weighted by atomic mass is 10.0. The molecule has 0 bridgehead atoms. The van der Waals surface area contributed by atoms with Crippen molar-refractivity contribution in [1.29, 1.82) is 0 Å². The molecule has 6 heteroatoms. The molecule has 6 heterocycles. The van der Waals surface area contributed by atoms with Gasteiger partial charge in [-0.2, -0.15) is 4.57 Å². The number of pyridine rings is 1. The third-order valence-electron chi connectivity index (χ3n) is 13.6. The van der Waals surface area contributed by atoms with Crippen LogP contribution in [0.2, 0.25) is 0 Å². The van der Waals surface area contributed by atoms with Gasteiger partial charge in [-0.05, 0) is 102 Å². The molecule has 65 heavy (non-hydrogen) atoms. The Morgan fingerprint density at radius 3 is 1.14 bits per heavy atom. The Hall–Kier alpha value is -8.87. The van der Waals surface area contributed by atoms with E-state index in [1.807, 2.05) is 0 Å². The fraction of sp³-hybridized carbons (Fsp3) is 0. The van der Waals surface area contributed by atoms with Crippen LogP contribution in [0.3, 0.4) is 0 Å². The first kappa shape index (κ1) is 34.7. The van der Waals surface area contributed by atoms with Crippen molar-refractivity contribution >= 4 is 109 Å². The molecule has 15 aromatic rings. The summed E-state index contributed by atoms with van der Waals surface area (Å²) in [5.41, 5.74) is 15.3. The molecule has 0 saturated heterocycles. The van der Waals surface area contributed by atoms with Gasteiger partial charge in [0.1, 0.15) is 33.5 Å². The van der Waals surface area contributed by atoms with E-state index in [1.54, 1.807) is 0 Å². The fourth-order valence-corrected chi connectivity index (χ4v) is 10.6. The van der Waals surface area contributed by atoms with Crippen LogP contribution in [0.1, 0.15) is 0 Å². The molecular formula is C59H34N3O3+. The number of aromatic nitrogens is 3. The maximum Gasteiger partial charge on any atom is 0.211 e. The molecule has 0 amide bonds. The molecule has 0 aliphatic carbocycles. The first-order valence-corrected chi connectivity index (χ1v) is 22.0. The first-order chi connectivity index (χ1) is 32.2. The Labute approximate surface area is 369 Å². The number of hydrogen-bond donors (Lipinski definition) is 0. The summed E-state index contributed by atoms with van der Waals surface area (Å²) in [6.45, 7) is 0. The van der Waals surface area contributed by atoms with Crippen LogP contribution in [0.15, 0.2) is 220 Å². The van der Waals surface area contributed by atoms with Gasteiger partial charge >= 0.3 is 0 Å². The lowest BCUT2D eigenvalue weighted by Crippen LogP contribution is -2.28. The molecular weight excluding hydrogens is 799 g/mol. The van der Waals surface area contributed by atoms with E-state index < -0.39 is 0 Å². The molecule has 0 N–H and O–H groups in total. The van der Waals surface area contributed by atoms with Gasteiger partial charge in [0, 0.05) is 78.0 Å². The number of hydrogen-bond acceptors (Lipinski definition) is 3. The number of furan rings is 3. The number of fused-ring (bicyclic) bond motifs is 15. The Bertz CT molecular complexity index is 4110. The van der Waals surface area contributed by atoms with Gasteiger partial charge in [-0.15, -0.1) is 0 Å². The van der Waals surface area contributed by atoms with Crippen LogP contribution in [0.4, 0.5) is 0 Å². The Morgan fingerprint density at radius 2 is 0.662 bits per heavy atom. The standard InChI is InChI=1S/C59H34N3O3/c1-5-13-50-40(9-1)41-10-2-6-14-51(41)61(50)38-20-25-57-47(32-38)45-30-36(18-23-55(45)64-57)35-17-22-54-44(29-35)46-31-37(19-24-56(46)63-54)60-28-27-59-49(34-60)48-33-39(21-26-58(48)65-59)62-52-15-7-3-11-42(52)43-12-4-8-16-53(43)62/h1-34H/q+1. The van der Waals surface area contributed by atoms with Crippen molar-refractivity contribution in [3.63, 3.8) is 0 Å². The minimum atomic E-state index is 0.848. The molecule has 0 aliphatic rings. The van der Waals surface area contributed by atoms with E-state index in [2.05, 4.69) is 220 Å². The molecule has 9 aromatic carbocycles. The molecule has 0 spiro atoms. The number of nitrogens with zero attached hydrogens (tertiary/aromatic N) is 3. The van der Waals surface area contributed by atoms with Crippen LogP contribution in [-0.4, -0.2) is 9.13 Å². The normalized spacial score (nSPS) is 12.3. The summed E-state index contributed by atoms with van der Waals surface area (Å²) in [5, 5.41) is 11.4. The SMILES string of the molecule is c1ccc2c(c1)c1ccccc1n2-c1ccc2oc3ccc(-c4ccc5oc6ccc(-[n+]7ccc8oc9ccc(-n%10c%11ccccc%11c%11ccccc%11%10)cc9c8c7)cc6c5c4)cc3c2c1. The molecule has 0 saturated carbocycles. The van der Waals surface area contributed by atoms with E-state index in [0.717, 1.165) is 94.0 Å². The summed E-state index contributed by atoms with van der Waals surface area (Å²) in [7, 11) is 0. The van der Waals surface area contributed by atoms with Crippen molar-refractivity contribution in [2.75, 3.05) is 0 Å². The monoisotopic (exact) mass is 832 g/mol. The van der Waals surface area contributed by atoms with Gasteiger partial charge in [0.15, 0.2) is 12.4 Å². The van der Waals surface area contributed by atoms with Gasteiger partial charge in [-0.25, -0.2) is 0 Å². The van der Waals surface area contributed by atoms with Crippen LogP contribution in [0.25, 0.3) is 138 Å². The molecule has 6 aromatic heterocycles. The van der Waals surface area contributed by atoms with Gasteiger partial charge in [0.05, 0.1) is 27.5 Å². The molecule has 15 rings (SSSR count). The van der Waals surface area contributed by atoms with Crippen LogP contribution in [0, 0.1) is 0 Å². The Morgan fingerprint density at radius 1 is 0.292 bits per heavy atom. The molecule has 302 valence electrons. The Kier molecular flexibility index (Phi) is 6.86. The highest BCUT2D eigenvalue weighted by Crippen LogP contribution is 2.40. The molecule has 0 atom stereocenters. The van der Waals surface area contributed by atoms with Crippen molar-refractivity contribution in [2.45, 2.75) is 0 Å². The van der Waals surface area contributed by atoms with E-state index in [-0.39, 0.29) is 0 Å². The fourth-order valence-electron chi connectivity index (χ4n) is 10.6. The van der Waals surface area contributed by atoms with Gasteiger partial charge in [0.2, 0.25) is 5.69 Å². The smallest absolute Gasteiger partial charge is 0.211 e. The highest BCUT2D eigenvalue weighted by atomic mass is 16.3. The second-order valence-corrected chi connectivity index (χ2v) is 17.1. The third-order valence-corrected chi connectivity index (χ3v) is 13.6. The minimum Gasteiger partial charge on any atom is -0.456 e. The zero-order valence-corrected chi connectivity index (χ0v) is 34.7. The molecule has 0 radical (unpaired) electrons. The predicted molar refractivity (Wildman–Crippen MR) is 264 cm³/mol. The van der Waals surface area contributed by atoms with Crippen LogP contribution < -0.4 is 4.57 Å². The number of rotatable bonds is 4. The van der Waals surface area contributed by atoms with E-state index in [1.165, 1.54) is 43.6 Å². The van der Waals surface area contributed by atoms with Crippen molar-refractivity contribution in [2.24, 2.45) is 0 Å². The predicted octanol–water partition coefficient (Wildman–Crippen LogP) is 15.5. The van der Waals surface area contributed by atoms with Crippen molar-refractivity contribution in [1.82, 2.24) is 9.13 Å². The second kappa shape index (κ2) is 12.8. The summed E-state index contributed by atoms with van der Waals surface area (Å²) >= 11 is 0. The highest BCUT2D eigenvalue weighted by Gasteiger charge is 2.20. The van der Waals surface area contributed by atoms with Crippen LogP contribution in [-0.2, 0) is 0 Å². The van der Waals surface area contributed by atoms with Gasteiger partial charge in [-0.1, -0.05) is 84.9 Å². The van der Waals surface area contributed by atoms with Crippen LogP contribution in [0.5, 0.6) is 0 Å². The van der Waals surface area contributed by atoms with Crippen molar-refractivity contribution in [3.05, 3.63) is 207 Å². The topological polar surface area (TPSA) is 53.2 Å². The lowest BCUT2D eigenvalue weighted by molar-refractivity contribution is -0.594. The van der Waals surface area contributed by atoms with Crippen molar-refractivity contribution in [3.8, 4) is 28.2 Å². The van der Waals surface area contributed by atoms with Crippen molar-refractivity contribution < 1.29 is 17.8 Å². The summed E-state index contributed by atoms with van der Waals surface area (Å²) in [6.07, 6.45) is 4.26. The zero-order valence-electron chi connectivity index (χ0n) is 34.7. The number of benzene rings is 9. The molecule has 0 fully saturated rings. The first-order valence-electron chi connectivity index (χ1n) is 22.0. The molecule has 0 unspecified atom stereocenters. The number of para-hydroxylation sites is 4. The zero-order chi connectivity index (χ0) is 42.3. The van der Waals surface area contributed by atoms with Gasteiger partial charge in [-0.3, -0.25) is 0 Å². The van der Waals surface area contributed by atoms with E-state index in [4.69, 9.17) is 13.3 Å². The lowest BCUT2D eigenvalue weighted by Gasteiger charge is -2.08. The summed E-state index contributed by atoms with van der Waals surface area (Å²) < 4.78 is 26.2. The Balaban J connectivity index is 0.828. The summed E-state index contributed by atoms with van der Waals surface area (Å²) in [6, 6.07) is 69.0.